The van der Waals surface area contributed by atoms with Crippen LogP contribution in [0.25, 0.3) is 11.3 Å². The van der Waals surface area contributed by atoms with Crippen molar-refractivity contribution in [3.63, 3.8) is 0 Å². The fourth-order valence-electron chi connectivity index (χ4n) is 4.03. The van der Waals surface area contributed by atoms with Crippen LogP contribution in [0.1, 0.15) is 63.4 Å². The van der Waals surface area contributed by atoms with Crippen molar-refractivity contribution >= 4 is 68.9 Å². The van der Waals surface area contributed by atoms with E-state index in [1.165, 1.54) is 18.2 Å². The van der Waals surface area contributed by atoms with Crippen molar-refractivity contribution < 1.29 is 43.1 Å². The fourth-order valence-corrected chi connectivity index (χ4v) is 4.61. The third kappa shape index (κ3) is 10.5. The van der Waals surface area contributed by atoms with Crippen LogP contribution in [0.2, 0.25) is 0 Å². The van der Waals surface area contributed by atoms with Crippen LogP contribution in [0.4, 0.5) is 0 Å². The number of nitrogens with zero attached hydrogens (tertiary/aromatic N) is 1. The molecule has 0 unspecified atom stereocenters. The first-order chi connectivity index (χ1) is 18.0. The molecule has 1 aromatic heterocycles. The number of hydrogen-bond acceptors (Lipinski definition) is 9. The average Bonchev–Trinajstić information content (AvgIpc) is 3.38. The molecule has 12 nitrogen and oxygen atoms in total. The van der Waals surface area contributed by atoms with Gasteiger partial charge in [-0.15, -0.1) is 0 Å². The number of amides is 3. The van der Waals surface area contributed by atoms with E-state index in [1.54, 1.807) is 13.8 Å². The number of benzene rings is 1. The molecule has 3 N–H and O–H groups in total. The Kier molecular flexibility index (Phi) is 15.3. The van der Waals surface area contributed by atoms with E-state index in [2.05, 4.69) is 10.6 Å². The third-order valence-electron chi connectivity index (χ3n) is 5.93. The first kappa shape index (κ1) is 35.1. The standard InChI is InChI=1S/C25H36N3O9P.Ca/c1-4-7-8-9-20(21(5-2)28(32)16-29)24(30)26-15-27-25(31)23-11-10-22(37-23)17-12-18(36-6-3)14-19(13-17)38(33,34)35;/h10-14,16,20-21,32H,4-9,15H2,1-3H3,(H,26,30)(H,27,31)(H2,33,34,35);/q;+2/p-2/t20-,21-;/m1./s1. The van der Waals surface area contributed by atoms with Crippen LogP contribution in [0.3, 0.4) is 0 Å². The van der Waals surface area contributed by atoms with Gasteiger partial charge in [0.1, 0.15) is 11.5 Å². The van der Waals surface area contributed by atoms with Crippen molar-refractivity contribution in [2.75, 3.05) is 13.3 Å². The van der Waals surface area contributed by atoms with E-state index < -0.39 is 36.7 Å². The molecular weight excluding hydrogens is 557 g/mol. The Balaban J connectivity index is 0.00000760. The molecule has 0 saturated carbocycles. The van der Waals surface area contributed by atoms with Crippen molar-refractivity contribution in [1.29, 1.82) is 0 Å². The van der Waals surface area contributed by atoms with Gasteiger partial charge in [0.2, 0.25) is 12.3 Å². The van der Waals surface area contributed by atoms with Crippen molar-refractivity contribution in [2.24, 2.45) is 5.92 Å². The Labute approximate surface area is 257 Å². The number of unbranched alkanes of at least 4 members (excludes halogenated alkanes) is 2. The van der Waals surface area contributed by atoms with Gasteiger partial charge < -0.3 is 34.1 Å². The zero-order valence-corrected chi connectivity index (χ0v) is 25.5. The number of furan rings is 1. The van der Waals surface area contributed by atoms with Crippen LogP contribution in [-0.2, 0) is 14.2 Å². The first-order valence-corrected chi connectivity index (χ1v) is 14.0. The zero-order chi connectivity index (χ0) is 28.3. The van der Waals surface area contributed by atoms with E-state index >= 15 is 0 Å². The van der Waals surface area contributed by atoms with Gasteiger partial charge in [-0.05, 0) is 63.0 Å². The molecule has 0 aliphatic rings. The average molecular weight is 592 g/mol. The number of carbonyl (C=O) groups excluding carboxylic acids is 3. The predicted molar refractivity (Wildman–Crippen MR) is 140 cm³/mol. The summed E-state index contributed by atoms with van der Waals surface area (Å²) in [5.41, 5.74) is 0.231. The summed E-state index contributed by atoms with van der Waals surface area (Å²) in [6.07, 6.45) is 3.65. The summed E-state index contributed by atoms with van der Waals surface area (Å²) in [6.45, 7) is 5.49. The van der Waals surface area contributed by atoms with E-state index in [-0.39, 0.29) is 80.3 Å². The molecule has 0 aliphatic heterocycles. The smallest absolute Gasteiger partial charge is 0.807 e. The molecule has 0 spiro atoms. The first-order valence-electron chi connectivity index (χ1n) is 12.4. The number of carbonyl (C=O) groups is 3. The van der Waals surface area contributed by atoms with Gasteiger partial charge in [0.15, 0.2) is 5.76 Å². The van der Waals surface area contributed by atoms with Crippen LogP contribution in [0.15, 0.2) is 34.7 Å². The third-order valence-corrected chi connectivity index (χ3v) is 6.82. The molecule has 0 radical (unpaired) electrons. The van der Waals surface area contributed by atoms with Crippen LogP contribution < -0.4 is 30.5 Å². The molecule has 2 rings (SSSR count). The summed E-state index contributed by atoms with van der Waals surface area (Å²) < 4.78 is 22.4. The van der Waals surface area contributed by atoms with Crippen molar-refractivity contribution in [1.82, 2.24) is 15.7 Å². The Morgan fingerprint density at radius 1 is 1.15 bits per heavy atom. The molecule has 0 aliphatic carbocycles. The molecule has 0 fully saturated rings. The van der Waals surface area contributed by atoms with E-state index in [0.29, 0.717) is 17.9 Å². The molecular formula is C25H34CaN3O9P. The Morgan fingerprint density at radius 3 is 2.46 bits per heavy atom. The molecule has 14 heteroatoms. The number of hydrogen-bond donors (Lipinski definition) is 3. The van der Waals surface area contributed by atoms with Crippen LogP contribution >= 0.6 is 7.60 Å². The van der Waals surface area contributed by atoms with Gasteiger partial charge in [0, 0.05) is 5.56 Å². The minimum Gasteiger partial charge on any atom is -0.807 e. The maximum absolute atomic E-state index is 12.8. The minimum absolute atomic E-state index is 0. The van der Waals surface area contributed by atoms with Gasteiger partial charge in [0.25, 0.3) is 5.91 Å². The van der Waals surface area contributed by atoms with Crippen LogP contribution in [0, 0.1) is 5.92 Å². The van der Waals surface area contributed by atoms with Gasteiger partial charge in [-0.2, -0.15) is 0 Å². The molecule has 0 bridgehead atoms. The molecule has 39 heavy (non-hydrogen) atoms. The van der Waals surface area contributed by atoms with E-state index in [4.69, 9.17) is 9.15 Å². The summed E-state index contributed by atoms with van der Waals surface area (Å²) in [5, 5.41) is 15.0. The molecule has 210 valence electrons. The second-order valence-electron chi connectivity index (χ2n) is 8.60. The normalized spacial score (nSPS) is 12.6. The molecule has 1 aromatic carbocycles. The number of nitrogens with one attached hydrogen (secondary N) is 2. The maximum atomic E-state index is 12.8. The second kappa shape index (κ2) is 17.0. The van der Waals surface area contributed by atoms with E-state index in [9.17, 15) is 33.9 Å². The monoisotopic (exact) mass is 591 g/mol. The SMILES string of the molecule is CCCCC[C@@H](C(=O)NCNC(=O)c1ccc(-c2cc(OCC)cc(P(=O)([O-])[O-])c2)o1)[C@@H](CC)N(O)C=O.[Ca+2]. The number of rotatable bonds is 16. The van der Waals surface area contributed by atoms with Crippen LogP contribution in [0.5, 0.6) is 5.75 Å². The van der Waals surface area contributed by atoms with E-state index in [0.717, 1.165) is 31.4 Å². The number of hydroxylamine groups is 2. The molecule has 2 atom stereocenters. The topological polar surface area (TPSA) is 184 Å². The Hall–Kier alpha value is -1.92. The van der Waals surface area contributed by atoms with Gasteiger partial charge in [-0.25, -0.2) is 5.06 Å². The van der Waals surface area contributed by atoms with Crippen molar-refractivity contribution in [2.45, 2.75) is 58.9 Å². The predicted octanol–water partition coefficient (Wildman–Crippen LogP) is 1.13. The van der Waals surface area contributed by atoms with Gasteiger partial charge in [-0.3, -0.25) is 19.6 Å². The molecule has 3 amide bonds. The largest absolute Gasteiger partial charge is 2.00 e. The van der Waals surface area contributed by atoms with Crippen LogP contribution in [-0.4, -0.2) is 85.6 Å². The molecule has 2 aromatic rings. The van der Waals surface area contributed by atoms with Gasteiger partial charge >= 0.3 is 37.7 Å². The maximum Gasteiger partial charge on any atom is 2.00 e. The Bertz CT molecular complexity index is 1140. The number of ether oxygens (including phenoxy) is 1. The quantitative estimate of drug-likeness (QED) is 0.0490. The van der Waals surface area contributed by atoms with Gasteiger partial charge in [0.05, 0.1) is 25.2 Å². The summed E-state index contributed by atoms with van der Waals surface area (Å²) in [5.74, 6) is -1.56. The minimum atomic E-state index is -5.07. The van der Waals surface area contributed by atoms with E-state index in [1.807, 2.05) is 6.92 Å². The summed E-state index contributed by atoms with van der Waals surface area (Å²) in [7, 11) is -5.07. The Morgan fingerprint density at radius 2 is 1.87 bits per heavy atom. The van der Waals surface area contributed by atoms with Crippen molar-refractivity contribution in [3.05, 3.63) is 36.1 Å². The van der Waals surface area contributed by atoms with Gasteiger partial charge in [-0.1, -0.05) is 33.1 Å². The molecule has 0 saturated heterocycles. The fraction of sp³-hybridized carbons (Fsp3) is 0.480. The summed E-state index contributed by atoms with van der Waals surface area (Å²) in [4.78, 5) is 59.6. The molecule has 1 heterocycles. The summed E-state index contributed by atoms with van der Waals surface area (Å²) >= 11 is 0. The zero-order valence-electron chi connectivity index (χ0n) is 22.4. The second-order valence-corrected chi connectivity index (χ2v) is 10.1. The van der Waals surface area contributed by atoms with Crippen molar-refractivity contribution in [3.8, 4) is 17.1 Å². The summed E-state index contributed by atoms with van der Waals surface area (Å²) in [6, 6.07) is 5.84.